The zero-order chi connectivity index (χ0) is 66.3. The average Bonchev–Trinajstić information content (AvgIpc) is 3.77. The molecule has 2 atom stereocenters. The molecule has 0 radical (unpaired) electrons. The molecule has 6 heteroatoms. The van der Waals surface area contributed by atoms with Gasteiger partial charge < -0.3 is 20.3 Å². The van der Waals surface area contributed by atoms with E-state index in [1.165, 1.54) is 411 Å². The number of rotatable bonds is 81. The summed E-state index contributed by atoms with van der Waals surface area (Å²) in [5, 5.41) is 23.5. The van der Waals surface area contributed by atoms with Gasteiger partial charge in [-0.15, -0.1) is 0 Å². The van der Waals surface area contributed by atoms with Gasteiger partial charge in [0.25, 0.3) is 0 Å². The first-order chi connectivity index (χ1) is 45.5. The van der Waals surface area contributed by atoms with Gasteiger partial charge in [-0.25, -0.2) is 0 Å². The highest BCUT2D eigenvalue weighted by Crippen LogP contribution is 2.21. The summed E-state index contributed by atoms with van der Waals surface area (Å²) < 4.78 is 5.49. The van der Waals surface area contributed by atoms with Crippen molar-refractivity contribution < 1.29 is 24.5 Å². The highest BCUT2D eigenvalue weighted by atomic mass is 16.5. The molecule has 0 aromatic heterocycles. The van der Waals surface area contributed by atoms with E-state index in [2.05, 4.69) is 43.5 Å². The Kier molecular flexibility index (Phi) is 80.3. The van der Waals surface area contributed by atoms with Crippen molar-refractivity contribution in [2.45, 2.75) is 501 Å². The van der Waals surface area contributed by atoms with Gasteiger partial charge in [-0.1, -0.05) is 443 Å². The predicted molar refractivity (Wildman–Crippen MR) is 407 cm³/mol. The van der Waals surface area contributed by atoms with Crippen LogP contribution in [0.15, 0.2) is 24.3 Å². The molecule has 0 saturated heterocycles. The van der Waals surface area contributed by atoms with Crippen LogP contribution in [0.3, 0.4) is 0 Å². The molecule has 0 aliphatic carbocycles. The molecule has 6 nitrogen and oxygen atoms in total. The van der Waals surface area contributed by atoms with Crippen LogP contribution in [-0.2, 0) is 14.3 Å². The van der Waals surface area contributed by atoms with Gasteiger partial charge in [-0.2, -0.15) is 0 Å². The van der Waals surface area contributed by atoms with Gasteiger partial charge in [0.05, 0.1) is 25.4 Å². The quantitative estimate of drug-likeness (QED) is 0.0320. The Balaban J connectivity index is 3.35. The molecular formula is C86H167NO5. The van der Waals surface area contributed by atoms with Crippen LogP contribution in [0, 0.1) is 0 Å². The third-order valence-electron chi connectivity index (χ3n) is 20.3. The van der Waals surface area contributed by atoms with E-state index in [0.717, 1.165) is 44.9 Å². The van der Waals surface area contributed by atoms with Gasteiger partial charge >= 0.3 is 5.97 Å². The summed E-state index contributed by atoms with van der Waals surface area (Å²) in [5.74, 6) is -0.00362. The lowest BCUT2D eigenvalue weighted by Crippen LogP contribution is -2.45. The summed E-state index contributed by atoms with van der Waals surface area (Å²) in [6, 6.07) is -0.540. The fourth-order valence-electron chi connectivity index (χ4n) is 13.8. The SMILES string of the molecule is CCCCCCCCCCCCCCCCCCCCCCCCCCC(O)C(CO)NC(=O)CCCCCCCCCCCCCCCCCCC/C=C\C/C=C\CCCCCCCCCCCCCCCCCOC(=O)CCCCCCCCCCCCCC. The fraction of sp³-hybridized carbons (Fsp3) is 0.930. The predicted octanol–water partition coefficient (Wildman–Crippen LogP) is 28.4. The van der Waals surface area contributed by atoms with E-state index in [9.17, 15) is 19.8 Å². The molecule has 0 fully saturated rings. The Hall–Kier alpha value is -1.66. The van der Waals surface area contributed by atoms with Crippen molar-refractivity contribution in [2.24, 2.45) is 0 Å². The minimum Gasteiger partial charge on any atom is -0.466 e. The largest absolute Gasteiger partial charge is 0.466 e. The number of carbonyl (C=O) groups excluding carboxylic acids is 2. The third kappa shape index (κ3) is 77.3. The monoisotopic (exact) mass is 1290 g/mol. The summed E-state index contributed by atoms with van der Waals surface area (Å²) >= 11 is 0. The van der Waals surface area contributed by atoms with Crippen LogP contribution in [0.5, 0.6) is 0 Å². The molecule has 0 aromatic rings. The minimum atomic E-state index is -0.664. The Morgan fingerprint density at radius 2 is 0.543 bits per heavy atom. The van der Waals surface area contributed by atoms with Gasteiger partial charge in [0.1, 0.15) is 0 Å². The maximum absolute atomic E-state index is 12.6. The number of unbranched alkanes of at least 4 members (excludes halogenated alkanes) is 66. The number of nitrogens with one attached hydrogen (secondary N) is 1. The van der Waals surface area contributed by atoms with E-state index >= 15 is 0 Å². The third-order valence-corrected chi connectivity index (χ3v) is 20.3. The van der Waals surface area contributed by atoms with E-state index in [1.807, 2.05) is 0 Å². The van der Waals surface area contributed by atoms with Crippen molar-refractivity contribution >= 4 is 11.9 Å². The van der Waals surface area contributed by atoms with Crippen molar-refractivity contribution in [3.63, 3.8) is 0 Å². The van der Waals surface area contributed by atoms with Gasteiger partial charge in [-0.3, -0.25) is 9.59 Å². The number of hydrogen-bond donors (Lipinski definition) is 3. The number of aliphatic hydroxyl groups is 2. The lowest BCUT2D eigenvalue weighted by molar-refractivity contribution is -0.143. The normalized spacial score (nSPS) is 12.5. The second-order valence-electron chi connectivity index (χ2n) is 29.5. The first-order valence-electron chi connectivity index (χ1n) is 42.6. The summed E-state index contributed by atoms with van der Waals surface area (Å²) in [6.45, 7) is 5.01. The number of aliphatic hydroxyl groups excluding tert-OH is 2. The molecular weight excluding hydrogens is 1130 g/mol. The molecule has 546 valence electrons. The molecule has 3 N–H and O–H groups in total. The lowest BCUT2D eigenvalue weighted by atomic mass is 10.0. The lowest BCUT2D eigenvalue weighted by Gasteiger charge is -2.22. The van der Waals surface area contributed by atoms with Crippen LogP contribution in [0.2, 0.25) is 0 Å². The first kappa shape index (κ1) is 90.3. The van der Waals surface area contributed by atoms with E-state index in [0.29, 0.717) is 25.9 Å². The first-order valence-corrected chi connectivity index (χ1v) is 42.6. The number of ether oxygens (including phenoxy) is 1. The second-order valence-corrected chi connectivity index (χ2v) is 29.5. The highest BCUT2D eigenvalue weighted by molar-refractivity contribution is 5.76. The Labute approximate surface area is 577 Å². The maximum atomic E-state index is 12.6. The van der Waals surface area contributed by atoms with Crippen LogP contribution < -0.4 is 5.32 Å². The summed E-state index contributed by atoms with van der Waals surface area (Å²) in [4.78, 5) is 24.6. The summed E-state index contributed by atoms with van der Waals surface area (Å²) in [7, 11) is 0. The van der Waals surface area contributed by atoms with Crippen molar-refractivity contribution in [3.05, 3.63) is 24.3 Å². The zero-order valence-electron chi connectivity index (χ0n) is 62.8. The van der Waals surface area contributed by atoms with Crippen molar-refractivity contribution in [3.8, 4) is 0 Å². The topological polar surface area (TPSA) is 95.9 Å². The van der Waals surface area contributed by atoms with Gasteiger partial charge in [0.2, 0.25) is 5.91 Å². The van der Waals surface area contributed by atoms with Gasteiger partial charge in [0, 0.05) is 12.8 Å². The Morgan fingerprint density at radius 3 is 0.826 bits per heavy atom. The summed E-state index contributed by atoms with van der Waals surface area (Å²) in [5.41, 5.74) is 0. The zero-order valence-corrected chi connectivity index (χ0v) is 62.8. The molecule has 1 amide bonds. The second kappa shape index (κ2) is 81.8. The number of allylic oxidation sites excluding steroid dienone is 4. The van der Waals surface area contributed by atoms with Crippen molar-refractivity contribution in [2.75, 3.05) is 13.2 Å². The maximum Gasteiger partial charge on any atom is 0.305 e. The minimum absolute atomic E-state index is 0.0220. The van der Waals surface area contributed by atoms with Crippen LogP contribution in [-0.4, -0.2) is 47.4 Å². The molecule has 0 rings (SSSR count). The molecule has 0 spiro atoms. The number of carbonyl (C=O) groups is 2. The molecule has 0 aliphatic rings. The molecule has 0 bridgehead atoms. The van der Waals surface area contributed by atoms with E-state index in [-0.39, 0.29) is 18.5 Å². The Bertz CT molecular complexity index is 1450. The number of amides is 1. The van der Waals surface area contributed by atoms with Crippen molar-refractivity contribution in [1.29, 1.82) is 0 Å². The number of esters is 1. The fourth-order valence-corrected chi connectivity index (χ4v) is 13.8. The Morgan fingerprint density at radius 1 is 0.304 bits per heavy atom. The van der Waals surface area contributed by atoms with Gasteiger partial charge in [0.15, 0.2) is 0 Å². The smallest absolute Gasteiger partial charge is 0.305 e. The van der Waals surface area contributed by atoms with Crippen LogP contribution in [0.1, 0.15) is 489 Å². The van der Waals surface area contributed by atoms with Crippen molar-refractivity contribution in [1.82, 2.24) is 5.32 Å². The molecule has 0 heterocycles. The molecule has 0 saturated carbocycles. The van der Waals surface area contributed by atoms with E-state index < -0.39 is 12.1 Å². The summed E-state index contributed by atoms with van der Waals surface area (Å²) in [6.07, 6.45) is 106. The molecule has 2 unspecified atom stereocenters. The van der Waals surface area contributed by atoms with Gasteiger partial charge in [-0.05, 0) is 57.8 Å². The molecule has 0 aromatic carbocycles. The average molecular weight is 1300 g/mol. The van der Waals surface area contributed by atoms with Crippen LogP contribution in [0.4, 0.5) is 0 Å². The molecule has 0 aliphatic heterocycles. The van der Waals surface area contributed by atoms with Crippen LogP contribution in [0.25, 0.3) is 0 Å². The highest BCUT2D eigenvalue weighted by Gasteiger charge is 2.20. The van der Waals surface area contributed by atoms with E-state index in [4.69, 9.17) is 4.74 Å². The van der Waals surface area contributed by atoms with Crippen LogP contribution >= 0.6 is 0 Å². The van der Waals surface area contributed by atoms with E-state index in [1.54, 1.807) is 0 Å². The molecule has 92 heavy (non-hydrogen) atoms. The number of hydrogen-bond acceptors (Lipinski definition) is 5. The standard InChI is InChI=1S/C86H167NO5/c1-3-5-7-9-11-13-15-17-18-19-20-21-22-40-43-46-49-52-55-58-62-66-70-74-78-84(89)83(82-88)87-85(90)79-75-71-67-63-59-56-53-50-47-44-41-38-36-34-32-30-28-26-24-23-25-27-29-31-33-35-37-39-42-45-48-51-54-57-61-65-69-73-77-81-92-86(91)80-76-72-68-64-60-16-14-12-10-8-6-4-2/h23-24,27,29,83-84,88-89H,3-22,25-26,28,30-82H2,1-2H3,(H,87,90)/b24-23-,29-27-.